The largest absolute Gasteiger partial charge is 0.482 e. The van der Waals surface area contributed by atoms with Crippen molar-refractivity contribution in [2.45, 2.75) is 26.7 Å². The van der Waals surface area contributed by atoms with E-state index in [0.717, 1.165) is 11.1 Å². The van der Waals surface area contributed by atoms with E-state index in [1.807, 2.05) is 39.0 Å². The second kappa shape index (κ2) is 10.4. The first-order valence-electron chi connectivity index (χ1n) is 9.68. The number of aryl methyl sites for hydroxylation is 1. The van der Waals surface area contributed by atoms with Crippen LogP contribution in [-0.4, -0.2) is 50.0 Å². The fourth-order valence-electron chi connectivity index (χ4n) is 2.72. The molecule has 0 saturated heterocycles. The van der Waals surface area contributed by atoms with Gasteiger partial charge in [0.25, 0.3) is 11.8 Å². The molecule has 0 bridgehead atoms. The smallest absolute Gasteiger partial charge is 0.344 e. The van der Waals surface area contributed by atoms with E-state index in [-0.39, 0.29) is 18.4 Å². The van der Waals surface area contributed by atoms with Crippen LogP contribution in [0.5, 0.6) is 5.75 Å². The lowest BCUT2D eigenvalue weighted by Gasteiger charge is -2.14. The molecule has 0 saturated carbocycles. The molecule has 2 aromatic rings. The molecule has 1 N–H and O–H groups in total. The maximum absolute atomic E-state index is 12.0. The molecule has 2 rings (SSSR count). The van der Waals surface area contributed by atoms with Crippen molar-refractivity contribution in [2.24, 2.45) is 0 Å². The van der Waals surface area contributed by atoms with Crippen molar-refractivity contribution < 1.29 is 23.9 Å². The highest BCUT2D eigenvalue weighted by Gasteiger charge is 2.13. The summed E-state index contributed by atoms with van der Waals surface area (Å²) in [5.41, 5.74) is 3.05. The highest BCUT2D eigenvalue weighted by atomic mass is 16.6. The molecule has 30 heavy (non-hydrogen) atoms. The first-order chi connectivity index (χ1) is 14.2. The Morgan fingerprint density at radius 2 is 1.67 bits per heavy atom. The number of carbonyl (C=O) groups excluding carboxylic acids is 3. The van der Waals surface area contributed by atoms with Gasteiger partial charge >= 0.3 is 5.97 Å². The Morgan fingerprint density at radius 1 is 1.00 bits per heavy atom. The summed E-state index contributed by atoms with van der Waals surface area (Å²) in [6.45, 7) is 5.33. The molecule has 2 aromatic carbocycles. The lowest BCUT2D eigenvalue weighted by atomic mass is 10.0. The van der Waals surface area contributed by atoms with E-state index in [0.29, 0.717) is 17.0 Å². The molecule has 0 radical (unpaired) electrons. The molecule has 0 atom stereocenters. The minimum absolute atomic E-state index is 0.129. The van der Waals surface area contributed by atoms with Gasteiger partial charge in [-0.2, -0.15) is 0 Å². The summed E-state index contributed by atoms with van der Waals surface area (Å²) < 4.78 is 10.6. The van der Waals surface area contributed by atoms with Crippen LogP contribution < -0.4 is 10.1 Å². The third-order valence-corrected chi connectivity index (χ3v) is 4.32. The summed E-state index contributed by atoms with van der Waals surface area (Å²) in [5.74, 6) is -0.349. The van der Waals surface area contributed by atoms with Gasteiger partial charge < -0.3 is 19.7 Å². The Bertz CT molecular complexity index is 904. The third kappa shape index (κ3) is 6.62. The summed E-state index contributed by atoms with van der Waals surface area (Å²) in [6, 6.07) is 12.3. The number of carbonyl (C=O) groups is 3. The molecule has 0 spiro atoms. The number of benzene rings is 2. The molecule has 0 fully saturated rings. The van der Waals surface area contributed by atoms with Crippen LogP contribution in [0.2, 0.25) is 0 Å². The fraction of sp³-hybridized carbons (Fsp3) is 0.348. The van der Waals surface area contributed by atoms with E-state index in [1.165, 1.54) is 4.90 Å². The van der Waals surface area contributed by atoms with Gasteiger partial charge in [-0.3, -0.25) is 9.59 Å². The first kappa shape index (κ1) is 22.9. The highest BCUT2D eigenvalue weighted by molar-refractivity contribution is 5.96. The monoisotopic (exact) mass is 412 g/mol. The molecule has 0 unspecified atom stereocenters. The maximum atomic E-state index is 12.0. The van der Waals surface area contributed by atoms with Gasteiger partial charge in [-0.05, 0) is 54.3 Å². The maximum Gasteiger partial charge on any atom is 0.344 e. The van der Waals surface area contributed by atoms with Gasteiger partial charge in [0.2, 0.25) is 0 Å². The molecule has 0 aromatic heterocycles. The van der Waals surface area contributed by atoms with Crippen molar-refractivity contribution in [2.75, 3.05) is 32.6 Å². The Morgan fingerprint density at radius 3 is 2.27 bits per heavy atom. The zero-order valence-electron chi connectivity index (χ0n) is 18.0. The number of anilines is 1. The predicted octanol–water partition coefficient (Wildman–Crippen LogP) is 3.38. The fourth-order valence-corrected chi connectivity index (χ4v) is 2.72. The molecule has 160 valence electrons. The van der Waals surface area contributed by atoms with Gasteiger partial charge in [0, 0.05) is 25.3 Å². The van der Waals surface area contributed by atoms with E-state index in [2.05, 4.69) is 5.32 Å². The van der Waals surface area contributed by atoms with Crippen molar-refractivity contribution in [3.05, 3.63) is 59.2 Å². The molecule has 0 aliphatic heterocycles. The van der Waals surface area contributed by atoms with Gasteiger partial charge in [0.05, 0.1) is 0 Å². The number of nitrogens with one attached hydrogen (secondary N) is 1. The Hall–Kier alpha value is -3.35. The number of hydrogen-bond donors (Lipinski definition) is 1. The van der Waals surface area contributed by atoms with Crippen LogP contribution in [0.25, 0.3) is 0 Å². The van der Waals surface area contributed by atoms with E-state index < -0.39 is 18.5 Å². The van der Waals surface area contributed by atoms with Crippen LogP contribution in [0, 0.1) is 6.92 Å². The van der Waals surface area contributed by atoms with E-state index in [9.17, 15) is 14.4 Å². The van der Waals surface area contributed by atoms with Crippen LogP contribution >= 0.6 is 0 Å². The molecular formula is C23H28N2O5. The zero-order chi connectivity index (χ0) is 22.3. The Balaban J connectivity index is 1.82. The predicted molar refractivity (Wildman–Crippen MR) is 115 cm³/mol. The highest BCUT2D eigenvalue weighted by Crippen LogP contribution is 2.27. The number of nitrogens with zero attached hydrogens (tertiary/aromatic N) is 1. The van der Waals surface area contributed by atoms with E-state index in [4.69, 9.17) is 9.47 Å². The third-order valence-electron chi connectivity index (χ3n) is 4.32. The topological polar surface area (TPSA) is 84.9 Å². The Kier molecular flexibility index (Phi) is 7.98. The second-order valence-corrected chi connectivity index (χ2v) is 7.47. The molecule has 2 amide bonds. The summed E-state index contributed by atoms with van der Waals surface area (Å²) >= 11 is 0. The van der Waals surface area contributed by atoms with Crippen LogP contribution in [0.4, 0.5) is 5.69 Å². The minimum atomic E-state index is -0.631. The minimum Gasteiger partial charge on any atom is -0.482 e. The number of hydrogen-bond acceptors (Lipinski definition) is 5. The lowest BCUT2D eigenvalue weighted by molar-refractivity contribution is -0.149. The van der Waals surface area contributed by atoms with Crippen molar-refractivity contribution in [1.82, 2.24) is 4.90 Å². The van der Waals surface area contributed by atoms with Gasteiger partial charge in [-0.25, -0.2) is 4.79 Å². The average Bonchev–Trinajstić information content (AvgIpc) is 2.70. The van der Waals surface area contributed by atoms with Gasteiger partial charge in [-0.1, -0.05) is 26.0 Å². The average molecular weight is 412 g/mol. The Labute approximate surface area is 177 Å². The quantitative estimate of drug-likeness (QED) is 0.672. The standard InChI is InChI=1S/C23H28N2O5/c1-15(2)19-11-6-16(3)12-20(19)29-14-22(27)30-13-21(26)24-18-9-7-17(8-10-18)23(28)25(4)5/h6-12,15H,13-14H2,1-5H3,(H,24,26). The summed E-state index contributed by atoms with van der Waals surface area (Å²) in [7, 11) is 3.33. The van der Waals surface area contributed by atoms with Crippen molar-refractivity contribution in [3.63, 3.8) is 0 Å². The lowest BCUT2D eigenvalue weighted by Crippen LogP contribution is -2.24. The van der Waals surface area contributed by atoms with Gasteiger partial charge in [0.15, 0.2) is 13.2 Å². The summed E-state index contributed by atoms with van der Waals surface area (Å²) in [5, 5.41) is 2.62. The number of esters is 1. The first-order valence-corrected chi connectivity index (χ1v) is 9.68. The normalized spacial score (nSPS) is 10.5. The van der Waals surface area contributed by atoms with Crippen molar-refractivity contribution in [1.29, 1.82) is 0 Å². The molecule has 0 heterocycles. The SMILES string of the molecule is Cc1ccc(C(C)C)c(OCC(=O)OCC(=O)Nc2ccc(C(=O)N(C)C)cc2)c1. The van der Waals surface area contributed by atoms with Gasteiger partial charge in [-0.15, -0.1) is 0 Å². The number of ether oxygens (including phenoxy) is 2. The zero-order valence-corrected chi connectivity index (χ0v) is 18.0. The van der Waals surface area contributed by atoms with Crippen molar-refractivity contribution in [3.8, 4) is 5.75 Å². The second-order valence-electron chi connectivity index (χ2n) is 7.47. The number of amides is 2. The van der Waals surface area contributed by atoms with Crippen LogP contribution in [-0.2, 0) is 14.3 Å². The van der Waals surface area contributed by atoms with Crippen LogP contribution in [0.15, 0.2) is 42.5 Å². The number of rotatable bonds is 8. The molecule has 0 aliphatic rings. The molecule has 7 nitrogen and oxygen atoms in total. The summed E-state index contributed by atoms with van der Waals surface area (Å²) in [4.78, 5) is 37.3. The van der Waals surface area contributed by atoms with E-state index in [1.54, 1.807) is 38.4 Å². The molecule has 0 aliphatic carbocycles. The molecule has 7 heteroatoms. The van der Waals surface area contributed by atoms with E-state index >= 15 is 0 Å². The van der Waals surface area contributed by atoms with Crippen LogP contribution in [0.3, 0.4) is 0 Å². The summed E-state index contributed by atoms with van der Waals surface area (Å²) in [6.07, 6.45) is 0. The van der Waals surface area contributed by atoms with Crippen molar-refractivity contribution >= 4 is 23.5 Å². The van der Waals surface area contributed by atoms with Crippen LogP contribution in [0.1, 0.15) is 41.3 Å². The molecular weight excluding hydrogens is 384 g/mol. The van der Waals surface area contributed by atoms with Gasteiger partial charge in [0.1, 0.15) is 5.75 Å².